The number of ether oxygens (including phenoxy) is 1. The molecule has 0 spiro atoms. The Labute approximate surface area is 114 Å². The van der Waals surface area contributed by atoms with Crippen molar-refractivity contribution < 1.29 is 13.2 Å². The van der Waals surface area contributed by atoms with E-state index < -0.39 is 10.0 Å². The molecule has 0 aliphatic heterocycles. The minimum absolute atomic E-state index is 0.0922. The van der Waals surface area contributed by atoms with Gasteiger partial charge in [-0.05, 0) is 43.5 Å². The number of aryl methyl sites for hydroxylation is 1. The second-order valence-corrected chi connectivity index (χ2v) is 6.67. The second-order valence-electron chi connectivity index (χ2n) is 4.83. The lowest BCUT2D eigenvalue weighted by atomic mass is 10.2. The van der Waals surface area contributed by atoms with Crippen molar-refractivity contribution in [2.75, 3.05) is 24.1 Å². The minimum atomic E-state index is -3.30. The van der Waals surface area contributed by atoms with Crippen LogP contribution in [0.4, 0.5) is 5.69 Å². The standard InChI is InChI=1S/C13H20N2O3S/c1-10-9-12(18-2)5-6-13(10)15-19(16,17)8-7-14-11-3-4-11/h5-6,9,11,14-15H,3-4,7-8H2,1-2H3. The number of rotatable bonds is 7. The Morgan fingerprint density at radius 2 is 2.11 bits per heavy atom. The number of hydrogen-bond acceptors (Lipinski definition) is 4. The Kier molecular flexibility index (Phi) is 4.31. The molecule has 106 valence electrons. The van der Waals surface area contributed by atoms with Gasteiger partial charge in [-0.25, -0.2) is 8.42 Å². The van der Waals surface area contributed by atoms with Gasteiger partial charge in [-0.15, -0.1) is 0 Å². The van der Waals surface area contributed by atoms with Crippen LogP contribution in [0.1, 0.15) is 18.4 Å². The van der Waals surface area contributed by atoms with E-state index in [1.165, 1.54) is 0 Å². The quantitative estimate of drug-likeness (QED) is 0.796. The molecular weight excluding hydrogens is 264 g/mol. The summed E-state index contributed by atoms with van der Waals surface area (Å²) >= 11 is 0. The molecule has 0 amide bonds. The Bertz CT molecular complexity index is 539. The van der Waals surface area contributed by atoms with Gasteiger partial charge in [0.15, 0.2) is 0 Å². The summed E-state index contributed by atoms with van der Waals surface area (Å²) in [7, 11) is -1.71. The van der Waals surface area contributed by atoms with Crippen LogP contribution in [-0.4, -0.2) is 33.9 Å². The van der Waals surface area contributed by atoms with Crippen LogP contribution < -0.4 is 14.8 Å². The molecule has 2 N–H and O–H groups in total. The first-order valence-corrected chi connectivity index (χ1v) is 8.04. The Balaban J connectivity index is 1.94. The fourth-order valence-electron chi connectivity index (χ4n) is 1.78. The largest absolute Gasteiger partial charge is 0.497 e. The molecule has 5 nitrogen and oxygen atoms in total. The summed E-state index contributed by atoms with van der Waals surface area (Å²) in [4.78, 5) is 0. The van der Waals surface area contributed by atoms with E-state index in [0.29, 0.717) is 18.3 Å². The van der Waals surface area contributed by atoms with Crippen molar-refractivity contribution in [1.29, 1.82) is 0 Å². The van der Waals surface area contributed by atoms with E-state index in [1.54, 1.807) is 25.3 Å². The first-order valence-electron chi connectivity index (χ1n) is 6.39. The van der Waals surface area contributed by atoms with E-state index in [-0.39, 0.29) is 5.75 Å². The zero-order valence-electron chi connectivity index (χ0n) is 11.3. The minimum Gasteiger partial charge on any atom is -0.497 e. The number of benzene rings is 1. The molecule has 0 unspecified atom stereocenters. The molecule has 0 saturated heterocycles. The molecule has 0 atom stereocenters. The van der Waals surface area contributed by atoms with Gasteiger partial charge >= 0.3 is 0 Å². The number of methoxy groups -OCH3 is 1. The van der Waals surface area contributed by atoms with Gasteiger partial charge in [-0.1, -0.05) is 0 Å². The normalized spacial score (nSPS) is 15.3. The topological polar surface area (TPSA) is 67.4 Å². The summed E-state index contributed by atoms with van der Waals surface area (Å²) < 4.78 is 31.6. The van der Waals surface area contributed by atoms with Crippen LogP contribution in [0, 0.1) is 6.92 Å². The molecule has 0 heterocycles. The van der Waals surface area contributed by atoms with E-state index in [1.807, 2.05) is 6.92 Å². The van der Waals surface area contributed by atoms with E-state index in [4.69, 9.17) is 4.74 Å². The average molecular weight is 284 g/mol. The summed E-state index contributed by atoms with van der Waals surface area (Å²) in [5, 5.41) is 3.19. The highest BCUT2D eigenvalue weighted by Crippen LogP contribution is 2.22. The molecule has 1 aromatic rings. The molecule has 0 radical (unpaired) electrons. The van der Waals surface area contributed by atoms with Crippen molar-refractivity contribution in [1.82, 2.24) is 5.32 Å². The molecule has 1 saturated carbocycles. The Morgan fingerprint density at radius 3 is 2.68 bits per heavy atom. The summed E-state index contributed by atoms with van der Waals surface area (Å²) in [6.45, 7) is 2.35. The third-order valence-corrected chi connectivity index (χ3v) is 4.35. The summed E-state index contributed by atoms with van der Waals surface area (Å²) in [5.74, 6) is 0.811. The van der Waals surface area contributed by atoms with E-state index >= 15 is 0 Å². The number of sulfonamides is 1. The zero-order chi connectivity index (χ0) is 13.9. The van der Waals surface area contributed by atoms with Gasteiger partial charge in [0, 0.05) is 12.6 Å². The third-order valence-electron chi connectivity index (χ3n) is 3.08. The maximum Gasteiger partial charge on any atom is 0.233 e. The molecule has 0 bridgehead atoms. The van der Waals surface area contributed by atoms with Crippen molar-refractivity contribution in [3.63, 3.8) is 0 Å². The van der Waals surface area contributed by atoms with Gasteiger partial charge in [-0.2, -0.15) is 0 Å². The lowest BCUT2D eigenvalue weighted by molar-refractivity contribution is 0.414. The van der Waals surface area contributed by atoms with Crippen LogP contribution >= 0.6 is 0 Å². The lowest BCUT2D eigenvalue weighted by Gasteiger charge is -2.11. The van der Waals surface area contributed by atoms with Gasteiger partial charge in [0.2, 0.25) is 10.0 Å². The monoisotopic (exact) mass is 284 g/mol. The molecule has 1 aliphatic carbocycles. The molecular formula is C13H20N2O3S. The molecule has 0 aromatic heterocycles. The maximum atomic E-state index is 11.9. The first kappa shape index (κ1) is 14.1. The zero-order valence-corrected chi connectivity index (χ0v) is 12.1. The summed E-state index contributed by atoms with van der Waals surface area (Å²) in [5.41, 5.74) is 1.45. The van der Waals surface area contributed by atoms with E-state index in [2.05, 4.69) is 10.0 Å². The molecule has 1 fully saturated rings. The average Bonchev–Trinajstić information content (AvgIpc) is 3.15. The SMILES string of the molecule is COc1ccc(NS(=O)(=O)CCNC2CC2)c(C)c1. The first-order chi connectivity index (χ1) is 9.00. The van der Waals surface area contributed by atoms with Gasteiger partial charge in [-0.3, -0.25) is 4.72 Å². The second kappa shape index (κ2) is 5.79. The predicted octanol–water partition coefficient (Wildman–Crippen LogP) is 1.50. The van der Waals surface area contributed by atoms with Crippen molar-refractivity contribution in [2.24, 2.45) is 0 Å². The molecule has 6 heteroatoms. The van der Waals surface area contributed by atoms with Crippen LogP contribution in [0.5, 0.6) is 5.75 Å². The van der Waals surface area contributed by atoms with Crippen LogP contribution in [-0.2, 0) is 10.0 Å². The molecule has 2 rings (SSSR count). The van der Waals surface area contributed by atoms with Crippen LogP contribution in [0.25, 0.3) is 0 Å². The summed E-state index contributed by atoms with van der Waals surface area (Å²) in [6.07, 6.45) is 2.32. The van der Waals surface area contributed by atoms with Crippen molar-refractivity contribution in [3.05, 3.63) is 23.8 Å². The maximum absolute atomic E-state index is 11.9. The lowest BCUT2D eigenvalue weighted by Crippen LogP contribution is -2.28. The fraction of sp³-hybridized carbons (Fsp3) is 0.538. The molecule has 1 aromatic carbocycles. The smallest absolute Gasteiger partial charge is 0.233 e. The molecule has 1 aliphatic rings. The number of nitrogens with one attached hydrogen (secondary N) is 2. The van der Waals surface area contributed by atoms with Gasteiger partial charge in [0.05, 0.1) is 18.6 Å². The van der Waals surface area contributed by atoms with Crippen molar-refractivity contribution in [3.8, 4) is 5.75 Å². The van der Waals surface area contributed by atoms with Crippen LogP contribution in [0.2, 0.25) is 0 Å². The Hall–Kier alpha value is -1.27. The number of anilines is 1. The van der Waals surface area contributed by atoms with Gasteiger partial charge < -0.3 is 10.1 Å². The van der Waals surface area contributed by atoms with Crippen LogP contribution in [0.15, 0.2) is 18.2 Å². The highest BCUT2D eigenvalue weighted by Gasteiger charge is 2.21. The van der Waals surface area contributed by atoms with Crippen LogP contribution in [0.3, 0.4) is 0 Å². The Morgan fingerprint density at radius 1 is 1.37 bits per heavy atom. The fourth-order valence-corrected chi connectivity index (χ4v) is 2.83. The van der Waals surface area contributed by atoms with E-state index in [0.717, 1.165) is 24.2 Å². The van der Waals surface area contributed by atoms with E-state index in [9.17, 15) is 8.42 Å². The van der Waals surface area contributed by atoms with Gasteiger partial charge in [0.1, 0.15) is 5.75 Å². The highest BCUT2D eigenvalue weighted by molar-refractivity contribution is 7.92. The highest BCUT2D eigenvalue weighted by atomic mass is 32.2. The summed E-state index contributed by atoms with van der Waals surface area (Å²) in [6, 6.07) is 5.80. The number of hydrogen-bond donors (Lipinski definition) is 2. The van der Waals surface area contributed by atoms with Crippen molar-refractivity contribution in [2.45, 2.75) is 25.8 Å². The predicted molar refractivity (Wildman–Crippen MR) is 76.2 cm³/mol. The van der Waals surface area contributed by atoms with Gasteiger partial charge in [0.25, 0.3) is 0 Å². The van der Waals surface area contributed by atoms with Crippen molar-refractivity contribution >= 4 is 15.7 Å². The molecule has 19 heavy (non-hydrogen) atoms. The third kappa shape index (κ3) is 4.40.